The summed E-state index contributed by atoms with van der Waals surface area (Å²) in [5, 5.41) is 11.8. The molecule has 3 aromatic heterocycles. The van der Waals surface area contributed by atoms with E-state index in [4.69, 9.17) is 0 Å². The molecule has 26 heavy (non-hydrogen) atoms. The van der Waals surface area contributed by atoms with Crippen LogP contribution in [-0.2, 0) is 6.54 Å². The van der Waals surface area contributed by atoms with Gasteiger partial charge in [0.2, 0.25) is 5.13 Å². The van der Waals surface area contributed by atoms with Crippen LogP contribution in [0, 0.1) is 12.7 Å². The minimum Gasteiger partial charge on any atom is -0.305 e. The molecule has 0 fully saturated rings. The Morgan fingerprint density at radius 1 is 1.35 bits per heavy atom. The van der Waals surface area contributed by atoms with E-state index in [2.05, 4.69) is 20.5 Å². The summed E-state index contributed by atoms with van der Waals surface area (Å²) in [5.41, 5.74) is 1.46. The van der Waals surface area contributed by atoms with E-state index in [-0.39, 0.29) is 11.7 Å². The van der Waals surface area contributed by atoms with Gasteiger partial charge in [-0.05, 0) is 32.0 Å². The van der Waals surface area contributed by atoms with E-state index in [0.717, 1.165) is 4.70 Å². The number of thiazole rings is 1. The maximum atomic E-state index is 13.9. The third kappa shape index (κ3) is 2.76. The van der Waals surface area contributed by atoms with Gasteiger partial charge in [0.05, 0.1) is 10.4 Å². The average Bonchev–Trinajstić information content (AvgIpc) is 3.32. The van der Waals surface area contributed by atoms with Gasteiger partial charge in [0.1, 0.15) is 22.8 Å². The summed E-state index contributed by atoms with van der Waals surface area (Å²) in [4.78, 5) is 16.9. The fourth-order valence-electron chi connectivity index (χ4n) is 2.69. The molecule has 0 atom stereocenters. The summed E-state index contributed by atoms with van der Waals surface area (Å²) in [7, 11) is 0. The van der Waals surface area contributed by atoms with E-state index in [9.17, 15) is 9.18 Å². The number of rotatable bonds is 4. The van der Waals surface area contributed by atoms with Gasteiger partial charge in [-0.25, -0.2) is 9.37 Å². The van der Waals surface area contributed by atoms with Crippen LogP contribution < -0.4 is 5.32 Å². The van der Waals surface area contributed by atoms with Gasteiger partial charge in [-0.1, -0.05) is 17.4 Å². The smallest absolute Gasteiger partial charge is 0.275 e. The summed E-state index contributed by atoms with van der Waals surface area (Å²) in [6, 6.07) is 8.21. The molecule has 3 heterocycles. The molecule has 0 aliphatic rings. The summed E-state index contributed by atoms with van der Waals surface area (Å²) in [5.74, 6) is -0.208. The van der Waals surface area contributed by atoms with Gasteiger partial charge in [0.15, 0.2) is 0 Å². The molecule has 7 nitrogen and oxygen atoms in total. The highest BCUT2D eigenvalue weighted by Gasteiger charge is 2.18. The number of hydrogen-bond acceptors (Lipinski definition) is 5. The summed E-state index contributed by atoms with van der Waals surface area (Å²) in [6.07, 6.45) is 1.58. The van der Waals surface area contributed by atoms with Crippen molar-refractivity contribution in [3.8, 4) is 5.13 Å². The Morgan fingerprint density at radius 2 is 2.19 bits per heavy atom. The van der Waals surface area contributed by atoms with Crippen molar-refractivity contribution in [2.75, 3.05) is 5.32 Å². The molecule has 0 aliphatic heterocycles. The fourth-order valence-corrected chi connectivity index (χ4v) is 3.63. The highest BCUT2D eigenvalue weighted by Crippen LogP contribution is 2.28. The second-order valence-corrected chi connectivity index (χ2v) is 6.66. The van der Waals surface area contributed by atoms with Gasteiger partial charge in [-0.2, -0.15) is 14.9 Å². The van der Waals surface area contributed by atoms with Crippen molar-refractivity contribution in [1.82, 2.24) is 24.5 Å². The molecule has 4 rings (SSSR count). The van der Waals surface area contributed by atoms with Crippen molar-refractivity contribution in [2.24, 2.45) is 0 Å². The first-order valence-electron chi connectivity index (χ1n) is 8.02. The molecule has 0 saturated heterocycles. The molecule has 1 aromatic carbocycles. The first-order valence-corrected chi connectivity index (χ1v) is 8.83. The van der Waals surface area contributed by atoms with Crippen molar-refractivity contribution in [1.29, 1.82) is 0 Å². The molecule has 0 saturated carbocycles. The molecule has 1 N–H and O–H groups in total. The van der Waals surface area contributed by atoms with Crippen LogP contribution in [0.15, 0.2) is 36.5 Å². The number of hydrogen-bond donors (Lipinski definition) is 1. The van der Waals surface area contributed by atoms with Crippen LogP contribution >= 0.6 is 11.3 Å². The van der Waals surface area contributed by atoms with E-state index < -0.39 is 0 Å². The lowest BCUT2D eigenvalue weighted by Gasteiger charge is -2.07. The number of aromatic nitrogens is 5. The number of para-hydroxylation sites is 1. The largest absolute Gasteiger partial charge is 0.305 e. The van der Waals surface area contributed by atoms with Crippen LogP contribution in [-0.4, -0.2) is 30.5 Å². The first-order chi connectivity index (χ1) is 12.6. The number of halogens is 1. The maximum absolute atomic E-state index is 13.9. The van der Waals surface area contributed by atoms with E-state index in [1.165, 1.54) is 22.1 Å². The van der Waals surface area contributed by atoms with Crippen LogP contribution in [0.25, 0.3) is 15.3 Å². The van der Waals surface area contributed by atoms with Crippen LogP contribution in [0.1, 0.15) is 23.1 Å². The minimum atomic E-state index is -0.383. The second-order valence-electron chi connectivity index (χ2n) is 5.65. The van der Waals surface area contributed by atoms with E-state index in [1.54, 1.807) is 35.1 Å². The number of anilines is 1. The zero-order chi connectivity index (χ0) is 18.3. The van der Waals surface area contributed by atoms with Gasteiger partial charge in [-0.15, -0.1) is 0 Å². The predicted octanol–water partition coefficient (Wildman–Crippen LogP) is 3.40. The van der Waals surface area contributed by atoms with Gasteiger partial charge >= 0.3 is 0 Å². The monoisotopic (exact) mass is 370 g/mol. The summed E-state index contributed by atoms with van der Waals surface area (Å²) >= 11 is 1.30. The van der Waals surface area contributed by atoms with Crippen molar-refractivity contribution in [3.05, 3.63) is 53.7 Å². The van der Waals surface area contributed by atoms with Crippen LogP contribution in [0.2, 0.25) is 0 Å². The normalized spacial score (nSPS) is 11.2. The Hall–Kier alpha value is -3.07. The Labute approximate surface area is 152 Å². The molecule has 9 heteroatoms. The molecule has 132 valence electrons. The summed E-state index contributed by atoms with van der Waals surface area (Å²) in [6.45, 7) is 4.31. The van der Waals surface area contributed by atoms with Gasteiger partial charge in [0.25, 0.3) is 5.91 Å². The zero-order valence-electron chi connectivity index (χ0n) is 14.1. The third-order valence-corrected chi connectivity index (χ3v) is 4.86. The summed E-state index contributed by atoms with van der Waals surface area (Å²) < 4.78 is 17.8. The SMILES string of the molecule is CCn1nccc1C(=O)Nc1cc(C)nn1-c1nc2c(F)cccc2s1. The van der Waals surface area contributed by atoms with Gasteiger partial charge < -0.3 is 5.32 Å². The van der Waals surface area contributed by atoms with Gasteiger partial charge in [0, 0.05) is 18.8 Å². The zero-order valence-corrected chi connectivity index (χ0v) is 14.9. The Balaban J connectivity index is 1.72. The number of carbonyl (C=O) groups is 1. The molecule has 1 amide bonds. The number of nitrogens with zero attached hydrogens (tertiary/aromatic N) is 5. The standard InChI is InChI=1S/C17H15FN6OS/c1-3-23-12(7-8-19-23)16(25)20-14-9-10(2)22-24(14)17-21-15-11(18)5-4-6-13(15)26-17/h4-9H,3H2,1-2H3,(H,20,25). The highest BCUT2D eigenvalue weighted by molar-refractivity contribution is 7.20. The lowest BCUT2D eigenvalue weighted by Crippen LogP contribution is -2.19. The molecule has 0 radical (unpaired) electrons. The number of nitrogens with one attached hydrogen (secondary N) is 1. The van der Waals surface area contributed by atoms with Crippen LogP contribution in [0.5, 0.6) is 0 Å². The third-order valence-electron chi connectivity index (χ3n) is 3.86. The highest BCUT2D eigenvalue weighted by atomic mass is 32.1. The Morgan fingerprint density at radius 3 is 2.96 bits per heavy atom. The lowest BCUT2D eigenvalue weighted by molar-refractivity contribution is 0.101. The van der Waals surface area contributed by atoms with Crippen molar-refractivity contribution >= 4 is 33.3 Å². The van der Waals surface area contributed by atoms with E-state index in [0.29, 0.717) is 34.4 Å². The number of fused-ring (bicyclic) bond motifs is 1. The molecule has 0 bridgehead atoms. The average molecular weight is 370 g/mol. The number of benzene rings is 1. The number of aryl methyl sites for hydroxylation is 2. The second kappa shape index (κ2) is 6.34. The van der Waals surface area contributed by atoms with E-state index in [1.807, 2.05) is 13.8 Å². The van der Waals surface area contributed by atoms with Crippen LogP contribution in [0.4, 0.5) is 10.2 Å². The molecule has 0 aliphatic carbocycles. The minimum absolute atomic E-state index is 0.294. The maximum Gasteiger partial charge on any atom is 0.275 e. The first kappa shape index (κ1) is 16.4. The van der Waals surface area contributed by atoms with E-state index >= 15 is 0 Å². The molecule has 0 unspecified atom stereocenters. The van der Waals surface area contributed by atoms with Crippen molar-refractivity contribution in [3.63, 3.8) is 0 Å². The number of amides is 1. The number of carbonyl (C=O) groups excluding carboxylic acids is 1. The molecular weight excluding hydrogens is 355 g/mol. The topological polar surface area (TPSA) is 77.6 Å². The fraction of sp³-hybridized carbons (Fsp3) is 0.176. The molecule has 0 spiro atoms. The van der Waals surface area contributed by atoms with Crippen LogP contribution in [0.3, 0.4) is 0 Å². The Kier molecular flexibility index (Phi) is 4.00. The lowest BCUT2D eigenvalue weighted by atomic mass is 10.3. The Bertz CT molecular complexity index is 1110. The predicted molar refractivity (Wildman–Crippen MR) is 97.3 cm³/mol. The molecular formula is C17H15FN6OS. The van der Waals surface area contributed by atoms with Crippen molar-refractivity contribution < 1.29 is 9.18 Å². The van der Waals surface area contributed by atoms with Crippen molar-refractivity contribution in [2.45, 2.75) is 20.4 Å². The van der Waals surface area contributed by atoms with Gasteiger partial charge in [-0.3, -0.25) is 9.48 Å². The molecule has 4 aromatic rings. The quantitative estimate of drug-likeness (QED) is 0.597.